The summed E-state index contributed by atoms with van der Waals surface area (Å²) in [4.78, 5) is 19.1. The SMILES string of the molecule is C=CCN(C(=O)c1cccc(Br)c1)c1nc(-c2ccccc2)cs1. The van der Waals surface area contributed by atoms with Gasteiger partial charge in [0.25, 0.3) is 5.91 Å². The third-order valence-electron chi connectivity index (χ3n) is 3.42. The molecule has 0 fully saturated rings. The van der Waals surface area contributed by atoms with Gasteiger partial charge in [0.05, 0.1) is 5.69 Å². The Hall–Kier alpha value is -2.24. The van der Waals surface area contributed by atoms with Crippen molar-refractivity contribution in [2.24, 2.45) is 0 Å². The van der Waals surface area contributed by atoms with Crippen LogP contribution in [-0.2, 0) is 0 Å². The van der Waals surface area contributed by atoms with Crippen LogP contribution >= 0.6 is 27.3 Å². The van der Waals surface area contributed by atoms with E-state index in [-0.39, 0.29) is 5.91 Å². The number of anilines is 1. The van der Waals surface area contributed by atoms with Gasteiger partial charge < -0.3 is 0 Å². The number of hydrogen-bond donors (Lipinski definition) is 0. The van der Waals surface area contributed by atoms with Gasteiger partial charge >= 0.3 is 0 Å². The fourth-order valence-electron chi connectivity index (χ4n) is 2.28. The van der Waals surface area contributed by atoms with E-state index in [0.29, 0.717) is 17.2 Å². The largest absolute Gasteiger partial charge is 0.280 e. The zero-order valence-corrected chi connectivity index (χ0v) is 15.3. The molecule has 0 aliphatic carbocycles. The molecule has 0 atom stereocenters. The van der Waals surface area contributed by atoms with Crippen LogP contribution < -0.4 is 4.90 Å². The number of carbonyl (C=O) groups excluding carboxylic acids is 1. The number of thiazole rings is 1. The number of aromatic nitrogens is 1. The van der Waals surface area contributed by atoms with Crippen LogP contribution in [0.15, 0.2) is 77.1 Å². The summed E-state index contributed by atoms with van der Waals surface area (Å²) in [5.74, 6) is -0.0924. The third-order valence-corrected chi connectivity index (χ3v) is 4.78. The van der Waals surface area contributed by atoms with Crippen LogP contribution in [0.5, 0.6) is 0 Å². The van der Waals surface area contributed by atoms with Crippen molar-refractivity contribution < 1.29 is 4.79 Å². The molecule has 0 saturated carbocycles. The molecule has 120 valence electrons. The highest BCUT2D eigenvalue weighted by atomic mass is 79.9. The van der Waals surface area contributed by atoms with Gasteiger partial charge in [-0.3, -0.25) is 9.69 Å². The maximum absolute atomic E-state index is 12.9. The van der Waals surface area contributed by atoms with Crippen LogP contribution in [-0.4, -0.2) is 17.4 Å². The molecule has 2 aromatic carbocycles. The van der Waals surface area contributed by atoms with Crippen molar-refractivity contribution in [3.63, 3.8) is 0 Å². The highest BCUT2D eigenvalue weighted by Gasteiger charge is 2.20. The fraction of sp³-hybridized carbons (Fsp3) is 0.0526. The summed E-state index contributed by atoms with van der Waals surface area (Å²) in [6, 6.07) is 17.3. The molecule has 0 bridgehead atoms. The van der Waals surface area contributed by atoms with E-state index in [1.54, 1.807) is 17.0 Å². The van der Waals surface area contributed by atoms with Crippen molar-refractivity contribution in [3.8, 4) is 11.3 Å². The van der Waals surface area contributed by atoms with Crippen molar-refractivity contribution in [3.05, 3.63) is 82.7 Å². The number of nitrogens with zero attached hydrogens (tertiary/aromatic N) is 2. The summed E-state index contributed by atoms with van der Waals surface area (Å²) in [7, 11) is 0. The molecule has 1 amide bonds. The predicted octanol–water partition coefficient (Wildman–Crippen LogP) is 5.41. The second kappa shape index (κ2) is 7.55. The summed E-state index contributed by atoms with van der Waals surface area (Å²) in [5.41, 5.74) is 2.52. The van der Waals surface area contributed by atoms with Gasteiger partial charge in [-0.05, 0) is 18.2 Å². The van der Waals surface area contributed by atoms with Crippen LogP contribution in [0.25, 0.3) is 11.3 Å². The van der Waals surface area contributed by atoms with Gasteiger partial charge in [0.1, 0.15) is 0 Å². The van der Waals surface area contributed by atoms with E-state index in [9.17, 15) is 4.79 Å². The number of benzene rings is 2. The van der Waals surface area contributed by atoms with Gasteiger partial charge in [0, 0.05) is 27.5 Å². The molecule has 0 saturated heterocycles. The minimum Gasteiger partial charge on any atom is -0.280 e. The zero-order valence-electron chi connectivity index (χ0n) is 12.9. The summed E-state index contributed by atoms with van der Waals surface area (Å²) in [5, 5.41) is 2.63. The van der Waals surface area contributed by atoms with Crippen LogP contribution in [0.2, 0.25) is 0 Å². The van der Waals surface area contributed by atoms with Gasteiger partial charge in [-0.1, -0.05) is 58.4 Å². The first-order valence-electron chi connectivity index (χ1n) is 7.38. The maximum atomic E-state index is 12.9. The lowest BCUT2D eigenvalue weighted by Gasteiger charge is -2.18. The highest BCUT2D eigenvalue weighted by Crippen LogP contribution is 2.28. The minimum atomic E-state index is -0.0924. The lowest BCUT2D eigenvalue weighted by Crippen LogP contribution is -2.30. The van der Waals surface area contributed by atoms with Crippen LogP contribution in [0.4, 0.5) is 5.13 Å². The van der Waals surface area contributed by atoms with E-state index in [0.717, 1.165) is 15.7 Å². The third kappa shape index (κ3) is 3.63. The smallest absolute Gasteiger partial charge is 0.260 e. The molecule has 0 unspecified atom stereocenters. The lowest BCUT2D eigenvalue weighted by molar-refractivity contribution is 0.0989. The number of halogens is 1. The van der Waals surface area contributed by atoms with E-state index >= 15 is 0 Å². The van der Waals surface area contributed by atoms with Gasteiger partial charge in [0.15, 0.2) is 5.13 Å². The summed E-state index contributed by atoms with van der Waals surface area (Å²) < 4.78 is 0.871. The van der Waals surface area contributed by atoms with Crippen molar-refractivity contribution in [1.29, 1.82) is 0 Å². The van der Waals surface area contributed by atoms with Crippen LogP contribution in [0.3, 0.4) is 0 Å². The van der Waals surface area contributed by atoms with E-state index in [2.05, 4.69) is 27.5 Å². The second-order valence-corrected chi connectivity index (χ2v) is 6.85. The molecule has 3 nitrogen and oxygen atoms in total. The molecule has 24 heavy (non-hydrogen) atoms. The van der Waals surface area contributed by atoms with Crippen molar-refractivity contribution >= 4 is 38.3 Å². The van der Waals surface area contributed by atoms with Gasteiger partial charge in [-0.25, -0.2) is 4.98 Å². The Morgan fingerprint density at radius 2 is 2.00 bits per heavy atom. The standard InChI is InChI=1S/C19H15BrN2OS/c1-2-11-22(18(23)15-9-6-10-16(20)12-15)19-21-17(13-24-19)14-7-4-3-5-8-14/h2-10,12-13H,1,11H2. The summed E-state index contributed by atoms with van der Waals surface area (Å²) in [6.07, 6.45) is 1.71. The molecule has 0 spiro atoms. The molecule has 1 aromatic heterocycles. The first-order chi connectivity index (χ1) is 11.7. The molecule has 1 heterocycles. The maximum Gasteiger partial charge on any atom is 0.260 e. The van der Waals surface area contributed by atoms with E-state index in [1.165, 1.54) is 11.3 Å². The Morgan fingerprint density at radius 1 is 1.21 bits per heavy atom. The Kier molecular flexibility index (Phi) is 5.23. The number of carbonyl (C=O) groups is 1. The topological polar surface area (TPSA) is 33.2 Å². The normalized spacial score (nSPS) is 10.4. The lowest BCUT2D eigenvalue weighted by atomic mass is 10.2. The second-order valence-electron chi connectivity index (χ2n) is 5.10. The quantitative estimate of drug-likeness (QED) is 0.538. The summed E-state index contributed by atoms with van der Waals surface area (Å²) in [6.45, 7) is 4.17. The Balaban J connectivity index is 1.93. The average Bonchev–Trinajstić information content (AvgIpc) is 3.09. The number of amides is 1. The van der Waals surface area contributed by atoms with Crippen molar-refractivity contribution in [2.45, 2.75) is 0 Å². The van der Waals surface area contributed by atoms with E-state index in [4.69, 9.17) is 0 Å². The predicted molar refractivity (Wildman–Crippen MR) is 104 cm³/mol. The molecule has 5 heteroatoms. The van der Waals surface area contributed by atoms with E-state index < -0.39 is 0 Å². The molecular weight excluding hydrogens is 384 g/mol. The first-order valence-corrected chi connectivity index (χ1v) is 9.05. The van der Waals surface area contributed by atoms with Gasteiger partial charge in [-0.2, -0.15) is 0 Å². The number of rotatable bonds is 5. The van der Waals surface area contributed by atoms with Crippen molar-refractivity contribution in [1.82, 2.24) is 4.98 Å². The molecule has 0 N–H and O–H groups in total. The molecule has 0 aliphatic heterocycles. The molecular formula is C19H15BrN2OS. The molecule has 0 radical (unpaired) electrons. The van der Waals surface area contributed by atoms with Crippen LogP contribution in [0, 0.1) is 0 Å². The fourth-order valence-corrected chi connectivity index (χ4v) is 3.52. The molecule has 3 rings (SSSR count). The monoisotopic (exact) mass is 398 g/mol. The molecule has 0 aliphatic rings. The Labute approximate surface area is 153 Å². The van der Waals surface area contributed by atoms with Gasteiger partial charge in [0.2, 0.25) is 0 Å². The Morgan fingerprint density at radius 3 is 2.71 bits per heavy atom. The highest BCUT2D eigenvalue weighted by molar-refractivity contribution is 9.10. The van der Waals surface area contributed by atoms with Gasteiger partial charge in [-0.15, -0.1) is 17.9 Å². The molecule has 3 aromatic rings. The van der Waals surface area contributed by atoms with E-state index in [1.807, 2.05) is 53.9 Å². The zero-order chi connectivity index (χ0) is 16.9. The van der Waals surface area contributed by atoms with Crippen LogP contribution in [0.1, 0.15) is 10.4 Å². The summed E-state index contributed by atoms with van der Waals surface area (Å²) >= 11 is 4.86. The van der Waals surface area contributed by atoms with Crippen molar-refractivity contribution in [2.75, 3.05) is 11.4 Å². The minimum absolute atomic E-state index is 0.0924. The Bertz CT molecular complexity index is 861. The number of hydrogen-bond acceptors (Lipinski definition) is 3. The average molecular weight is 399 g/mol. The first kappa shape index (κ1) is 16.6.